The number of hydrogen-bond donors (Lipinski definition) is 0. The molecule has 1 aromatic heterocycles. The molecule has 0 bridgehead atoms. The molecule has 0 radical (unpaired) electrons. The van der Waals surface area contributed by atoms with Crippen molar-refractivity contribution in [2.24, 2.45) is 0 Å². The second kappa shape index (κ2) is 3.24. The molecule has 0 N–H and O–H groups in total. The van der Waals surface area contributed by atoms with Gasteiger partial charge in [0.05, 0.1) is 15.9 Å². The molecule has 1 aliphatic heterocycles. The van der Waals surface area contributed by atoms with Crippen LogP contribution in [0.4, 0.5) is 0 Å². The minimum Gasteiger partial charge on any atom is -0.476 e. The summed E-state index contributed by atoms with van der Waals surface area (Å²) in [6.45, 7) is 3.74. The van der Waals surface area contributed by atoms with Crippen molar-refractivity contribution in [1.82, 2.24) is 9.78 Å². The Labute approximate surface area is 85.2 Å². The Morgan fingerprint density at radius 2 is 2.50 bits per heavy atom. The number of ether oxygens (including phenoxy) is 1. The maximum absolute atomic E-state index is 5.39. The SMILES string of the molecule is CCOc1nn2c(c1I)CCC2. The molecule has 0 aliphatic carbocycles. The van der Waals surface area contributed by atoms with Crippen LogP contribution in [0.25, 0.3) is 0 Å². The lowest BCUT2D eigenvalue weighted by Crippen LogP contribution is -1.96. The van der Waals surface area contributed by atoms with Crippen LogP contribution in [0.2, 0.25) is 0 Å². The van der Waals surface area contributed by atoms with Gasteiger partial charge in [0.2, 0.25) is 5.88 Å². The van der Waals surface area contributed by atoms with Gasteiger partial charge in [-0.3, -0.25) is 4.68 Å². The van der Waals surface area contributed by atoms with Gasteiger partial charge in [-0.25, -0.2) is 0 Å². The number of aryl methyl sites for hydroxylation is 1. The predicted molar refractivity (Wildman–Crippen MR) is 54.4 cm³/mol. The van der Waals surface area contributed by atoms with Gasteiger partial charge in [0.25, 0.3) is 0 Å². The van der Waals surface area contributed by atoms with Crippen molar-refractivity contribution in [3.8, 4) is 5.88 Å². The van der Waals surface area contributed by atoms with E-state index in [1.165, 1.54) is 15.7 Å². The van der Waals surface area contributed by atoms with Crippen molar-refractivity contribution in [3.05, 3.63) is 9.26 Å². The Morgan fingerprint density at radius 3 is 3.17 bits per heavy atom. The molecular weight excluding hydrogens is 267 g/mol. The maximum atomic E-state index is 5.39. The van der Waals surface area contributed by atoms with Crippen molar-refractivity contribution < 1.29 is 4.74 Å². The summed E-state index contributed by atoms with van der Waals surface area (Å²) in [6, 6.07) is 0. The van der Waals surface area contributed by atoms with E-state index >= 15 is 0 Å². The first-order chi connectivity index (χ1) is 5.83. The average molecular weight is 278 g/mol. The number of aromatic nitrogens is 2. The molecule has 0 fully saturated rings. The smallest absolute Gasteiger partial charge is 0.246 e. The molecule has 0 atom stereocenters. The van der Waals surface area contributed by atoms with E-state index in [2.05, 4.69) is 32.4 Å². The van der Waals surface area contributed by atoms with Crippen LogP contribution in [0.1, 0.15) is 19.0 Å². The number of fused-ring (bicyclic) bond motifs is 1. The second-order valence-corrected chi connectivity index (χ2v) is 3.90. The highest BCUT2D eigenvalue weighted by Gasteiger charge is 2.20. The quantitative estimate of drug-likeness (QED) is 0.772. The summed E-state index contributed by atoms with van der Waals surface area (Å²) >= 11 is 2.32. The number of nitrogens with zero attached hydrogens (tertiary/aromatic N) is 2. The monoisotopic (exact) mass is 278 g/mol. The van der Waals surface area contributed by atoms with Gasteiger partial charge in [-0.2, -0.15) is 0 Å². The van der Waals surface area contributed by atoms with E-state index < -0.39 is 0 Å². The Kier molecular flexibility index (Phi) is 2.25. The van der Waals surface area contributed by atoms with Gasteiger partial charge in [-0.1, -0.05) is 0 Å². The summed E-state index contributed by atoms with van der Waals surface area (Å²) in [5.41, 5.74) is 1.35. The largest absolute Gasteiger partial charge is 0.476 e. The van der Waals surface area contributed by atoms with Gasteiger partial charge < -0.3 is 4.74 Å². The highest BCUT2D eigenvalue weighted by atomic mass is 127. The first-order valence-electron chi connectivity index (χ1n) is 4.21. The summed E-state index contributed by atoms with van der Waals surface area (Å²) in [6.07, 6.45) is 2.38. The van der Waals surface area contributed by atoms with Crippen LogP contribution in [0.3, 0.4) is 0 Å². The molecule has 2 rings (SSSR count). The number of rotatable bonds is 2. The van der Waals surface area contributed by atoms with E-state index in [-0.39, 0.29) is 0 Å². The molecule has 0 amide bonds. The fraction of sp³-hybridized carbons (Fsp3) is 0.625. The van der Waals surface area contributed by atoms with Crippen molar-refractivity contribution in [1.29, 1.82) is 0 Å². The summed E-state index contributed by atoms with van der Waals surface area (Å²) < 4.78 is 8.66. The molecule has 0 saturated heterocycles. The first kappa shape index (κ1) is 8.34. The van der Waals surface area contributed by atoms with E-state index in [4.69, 9.17) is 4.74 Å². The van der Waals surface area contributed by atoms with Crippen molar-refractivity contribution >= 4 is 22.6 Å². The maximum Gasteiger partial charge on any atom is 0.246 e. The lowest BCUT2D eigenvalue weighted by Gasteiger charge is -1.97. The van der Waals surface area contributed by atoms with E-state index in [9.17, 15) is 0 Å². The molecule has 2 heterocycles. The van der Waals surface area contributed by atoms with Crippen molar-refractivity contribution in [2.45, 2.75) is 26.3 Å². The minimum atomic E-state index is 0.701. The highest BCUT2D eigenvalue weighted by molar-refractivity contribution is 14.1. The third kappa shape index (κ3) is 1.22. The van der Waals surface area contributed by atoms with Gasteiger partial charge in [0, 0.05) is 6.54 Å². The van der Waals surface area contributed by atoms with Crippen LogP contribution in [0.15, 0.2) is 0 Å². The molecule has 1 aromatic rings. The van der Waals surface area contributed by atoms with E-state index in [0.717, 1.165) is 18.8 Å². The van der Waals surface area contributed by atoms with E-state index in [1.807, 2.05) is 6.92 Å². The zero-order valence-electron chi connectivity index (χ0n) is 7.01. The van der Waals surface area contributed by atoms with Gasteiger partial charge in [-0.15, -0.1) is 5.10 Å². The summed E-state index contributed by atoms with van der Waals surface area (Å²) in [7, 11) is 0. The van der Waals surface area contributed by atoms with Gasteiger partial charge >= 0.3 is 0 Å². The van der Waals surface area contributed by atoms with Crippen LogP contribution in [-0.2, 0) is 13.0 Å². The van der Waals surface area contributed by atoms with Crippen LogP contribution in [0, 0.1) is 3.57 Å². The van der Waals surface area contributed by atoms with Crippen molar-refractivity contribution in [3.63, 3.8) is 0 Å². The van der Waals surface area contributed by atoms with Crippen molar-refractivity contribution in [2.75, 3.05) is 6.61 Å². The zero-order valence-corrected chi connectivity index (χ0v) is 9.17. The first-order valence-corrected chi connectivity index (χ1v) is 5.28. The third-order valence-corrected chi connectivity index (χ3v) is 3.11. The molecule has 1 aliphatic rings. The van der Waals surface area contributed by atoms with Gasteiger partial charge in [0.1, 0.15) is 0 Å². The second-order valence-electron chi connectivity index (χ2n) is 2.83. The van der Waals surface area contributed by atoms with Crippen LogP contribution >= 0.6 is 22.6 Å². The zero-order chi connectivity index (χ0) is 8.55. The topological polar surface area (TPSA) is 27.1 Å². The molecule has 3 nitrogen and oxygen atoms in total. The third-order valence-electron chi connectivity index (χ3n) is 2.03. The number of hydrogen-bond acceptors (Lipinski definition) is 2. The molecular formula is C8H11IN2O. The normalized spacial score (nSPS) is 14.8. The summed E-state index contributed by atoms with van der Waals surface area (Å²) in [4.78, 5) is 0. The van der Waals surface area contributed by atoms with Crippen LogP contribution < -0.4 is 4.74 Å². The standard InChI is InChI=1S/C8H11IN2O/c1-2-12-8-7(9)6-4-3-5-11(6)10-8/h2-5H2,1H3. The molecule has 0 aromatic carbocycles. The molecule has 66 valence electrons. The Balaban J connectivity index is 2.34. The molecule has 0 spiro atoms. The molecule has 4 heteroatoms. The minimum absolute atomic E-state index is 0.701. The Hall–Kier alpha value is -0.260. The Morgan fingerprint density at radius 1 is 1.67 bits per heavy atom. The summed E-state index contributed by atoms with van der Waals surface area (Å²) in [5, 5.41) is 4.37. The fourth-order valence-corrected chi connectivity index (χ4v) is 2.31. The van der Waals surface area contributed by atoms with E-state index in [0.29, 0.717) is 6.61 Å². The van der Waals surface area contributed by atoms with Gasteiger partial charge in [-0.05, 0) is 42.4 Å². The summed E-state index contributed by atoms with van der Waals surface area (Å²) in [5.74, 6) is 0.813. The Bertz CT molecular complexity index is 295. The van der Waals surface area contributed by atoms with Gasteiger partial charge in [0.15, 0.2) is 0 Å². The number of halogens is 1. The van der Waals surface area contributed by atoms with E-state index in [1.54, 1.807) is 0 Å². The van der Waals surface area contributed by atoms with Crippen LogP contribution in [0.5, 0.6) is 5.88 Å². The predicted octanol–water partition coefficient (Wildman–Crippen LogP) is 1.83. The fourth-order valence-electron chi connectivity index (χ4n) is 1.50. The molecule has 0 unspecified atom stereocenters. The highest BCUT2D eigenvalue weighted by Crippen LogP contribution is 2.28. The molecule has 0 saturated carbocycles. The lowest BCUT2D eigenvalue weighted by molar-refractivity contribution is 0.319. The van der Waals surface area contributed by atoms with Crippen LogP contribution in [-0.4, -0.2) is 16.4 Å². The average Bonchev–Trinajstić information content (AvgIpc) is 2.58. The lowest BCUT2D eigenvalue weighted by atomic mass is 10.3. The molecule has 12 heavy (non-hydrogen) atoms.